The van der Waals surface area contributed by atoms with Crippen molar-refractivity contribution < 1.29 is 9.47 Å². The predicted octanol–water partition coefficient (Wildman–Crippen LogP) is 1.80. The van der Waals surface area contributed by atoms with Gasteiger partial charge in [-0.2, -0.15) is 11.8 Å². The molecular weight excluding hydrogens is 360 g/mol. The monoisotopic (exact) mass is 396 g/mol. The number of nitrogens with one attached hydrogen (secondary N) is 1. The Morgan fingerprint density at radius 1 is 1.07 bits per heavy atom. The Morgan fingerprint density at radius 3 is 2.56 bits per heavy atom. The third kappa shape index (κ3) is 4.57. The molecule has 1 aliphatic carbocycles. The Bertz CT molecular complexity index is 500. The molecule has 2 unspecified atom stereocenters. The van der Waals surface area contributed by atoms with Crippen LogP contribution in [-0.4, -0.2) is 98.0 Å². The molecule has 0 spiro atoms. The molecule has 0 bridgehead atoms. The Labute approximate surface area is 168 Å². The van der Waals surface area contributed by atoms with Crippen molar-refractivity contribution in [1.29, 1.82) is 0 Å². The van der Waals surface area contributed by atoms with E-state index in [0.717, 1.165) is 51.6 Å². The lowest BCUT2D eigenvalue weighted by Crippen LogP contribution is -2.59. The van der Waals surface area contributed by atoms with Crippen molar-refractivity contribution in [2.75, 3.05) is 64.5 Å². The van der Waals surface area contributed by atoms with Gasteiger partial charge in [0.05, 0.1) is 12.7 Å². The lowest BCUT2D eigenvalue weighted by molar-refractivity contribution is -0.0817. The second-order valence-corrected chi connectivity index (χ2v) is 9.56. The van der Waals surface area contributed by atoms with Crippen LogP contribution in [0.15, 0.2) is 4.99 Å². The molecule has 6 nitrogen and oxygen atoms in total. The van der Waals surface area contributed by atoms with Crippen LogP contribution in [0.4, 0.5) is 0 Å². The second kappa shape index (κ2) is 9.33. The van der Waals surface area contributed by atoms with Crippen molar-refractivity contribution in [3.63, 3.8) is 0 Å². The molecule has 3 heterocycles. The first kappa shape index (κ1) is 19.8. The van der Waals surface area contributed by atoms with Gasteiger partial charge < -0.3 is 19.7 Å². The average molecular weight is 397 g/mol. The number of hydrogen-bond acceptors (Lipinski definition) is 5. The predicted molar refractivity (Wildman–Crippen MR) is 112 cm³/mol. The second-order valence-electron chi connectivity index (χ2n) is 8.34. The molecule has 4 fully saturated rings. The largest absolute Gasteiger partial charge is 0.375 e. The van der Waals surface area contributed by atoms with E-state index in [1.807, 2.05) is 7.05 Å². The number of morpholine rings is 1. The van der Waals surface area contributed by atoms with E-state index in [-0.39, 0.29) is 12.2 Å². The van der Waals surface area contributed by atoms with Gasteiger partial charge >= 0.3 is 0 Å². The Balaban J connectivity index is 1.36. The standard InChI is InChI=1S/C20H36N4O2S/c1-21-19(23-8-12-26-18(15-23)17-5-4-11-25-17)22-16-20(6-2-3-7-20)24-9-13-27-14-10-24/h17-18H,2-16H2,1H3,(H,21,22). The zero-order valence-corrected chi connectivity index (χ0v) is 17.6. The van der Waals surface area contributed by atoms with Crippen molar-refractivity contribution in [2.45, 2.75) is 56.3 Å². The lowest BCUT2D eigenvalue weighted by atomic mass is 9.94. The van der Waals surface area contributed by atoms with Gasteiger partial charge in [-0.25, -0.2) is 0 Å². The highest BCUT2D eigenvalue weighted by Crippen LogP contribution is 2.36. The molecule has 1 N–H and O–H groups in total. The molecule has 4 aliphatic rings. The van der Waals surface area contributed by atoms with Crippen LogP contribution in [0.5, 0.6) is 0 Å². The van der Waals surface area contributed by atoms with Gasteiger partial charge in [0.2, 0.25) is 0 Å². The quantitative estimate of drug-likeness (QED) is 0.578. The lowest BCUT2D eigenvalue weighted by Gasteiger charge is -2.44. The molecule has 0 aromatic carbocycles. The highest BCUT2D eigenvalue weighted by Gasteiger charge is 2.40. The summed E-state index contributed by atoms with van der Waals surface area (Å²) < 4.78 is 11.9. The molecule has 7 heteroatoms. The van der Waals surface area contributed by atoms with Crippen LogP contribution < -0.4 is 5.32 Å². The zero-order chi connectivity index (χ0) is 18.5. The smallest absolute Gasteiger partial charge is 0.193 e. The van der Waals surface area contributed by atoms with E-state index in [2.05, 4.69) is 31.9 Å². The van der Waals surface area contributed by atoms with Crippen molar-refractivity contribution in [2.24, 2.45) is 4.99 Å². The van der Waals surface area contributed by atoms with E-state index >= 15 is 0 Å². The summed E-state index contributed by atoms with van der Waals surface area (Å²) in [6, 6.07) is 0. The number of hydrogen-bond donors (Lipinski definition) is 1. The topological polar surface area (TPSA) is 49.3 Å². The molecule has 3 saturated heterocycles. The number of guanidine groups is 1. The van der Waals surface area contributed by atoms with Crippen LogP contribution in [-0.2, 0) is 9.47 Å². The van der Waals surface area contributed by atoms with Gasteiger partial charge in [-0.1, -0.05) is 12.8 Å². The highest BCUT2D eigenvalue weighted by atomic mass is 32.2. The van der Waals surface area contributed by atoms with E-state index in [9.17, 15) is 0 Å². The summed E-state index contributed by atoms with van der Waals surface area (Å²) in [5.74, 6) is 3.60. The Kier molecular flexibility index (Phi) is 6.84. The molecule has 0 amide bonds. The number of ether oxygens (including phenoxy) is 2. The third-order valence-electron chi connectivity index (χ3n) is 6.78. The maximum absolute atomic E-state index is 6.02. The first-order chi connectivity index (χ1) is 13.3. The van der Waals surface area contributed by atoms with Gasteiger partial charge in [-0.3, -0.25) is 9.89 Å². The van der Waals surface area contributed by atoms with Crippen LogP contribution >= 0.6 is 11.8 Å². The van der Waals surface area contributed by atoms with Crippen LogP contribution in [0.2, 0.25) is 0 Å². The van der Waals surface area contributed by atoms with Crippen molar-refractivity contribution in [1.82, 2.24) is 15.1 Å². The molecular formula is C20H36N4O2S. The molecule has 0 aromatic rings. The van der Waals surface area contributed by atoms with E-state index in [0.29, 0.717) is 5.54 Å². The van der Waals surface area contributed by atoms with Crippen molar-refractivity contribution in [3.8, 4) is 0 Å². The molecule has 3 aliphatic heterocycles. The third-order valence-corrected chi connectivity index (χ3v) is 7.72. The maximum atomic E-state index is 6.02. The summed E-state index contributed by atoms with van der Waals surface area (Å²) in [4.78, 5) is 9.77. The molecule has 4 rings (SSSR count). The van der Waals surface area contributed by atoms with E-state index in [1.54, 1.807) is 0 Å². The van der Waals surface area contributed by atoms with Gasteiger partial charge in [-0.05, 0) is 25.7 Å². The molecule has 2 atom stereocenters. The minimum atomic E-state index is 0.180. The zero-order valence-electron chi connectivity index (χ0n) is 16.8. The summed E-state index contributed by atoms with van der Waals surface area (Å²) in [5.41, 5.74) is 0.331. The van der Waals surface area contributed by atoms with E-state index in [1.165, 1.54) is 50.3 Å². The van der Waals surface area contributed by atoms with Gasteiger partial charge in [0.15, 0.2) is 5.96 Å². The first-order valence-electron chi connectivity index (χ1n) is 10.8. The van der Waals surface area contributed by atoms with Gasteiger partial charge in [0.1, 0.15) is 6.10 Å². The normalized spacial score (nSPS) is 32.8. The van der Waals surface area contributed by atoms with Crippen LogP contribution in [0, 0.1) is 0 Å². The van der Waals surface area contributed by atoms with Crippen LogP contribution in [0.3, 0.4) is 0 Å². The minimum absolute atomic E-state index is 0.180. The number of rotatable bonds is 4. The van der Waals surface area contributed by atoms with Gasteiger partial charge in [0.25, 0.3) is 0 Å². The van der Waals surface area contributed by atoms with Crippen molar-refractivity contribution >= 4 is 17.7 Å². The summed E-state index contributed by atoms with van der Waals surface area (Å²) >= 11 is 2.10. The number of aliphatic imine (C=N–C) groups is 1. The Hall–Kier alpha value is -0.500. The number of nitrogens with zero attached hydrogens (tertiary/aromatic N) is 3. The average Bonchev–Trinajstić information content (AvgIpc) is 3.42. The SMILES string of the molecule is CN=C(NCC1(N2CCSCC2)CCCC1)N1CCOC(C2CCCO2)C1. The molecule has 27 heavy (non-hydrogen) atoms. The fourth-order valence-electron chi connectivity index (χ4n) is 5.24. The summed E-state index contributed by atoms with van der Waals surface area (Å²) in [7, 11) is 1.91. The van der Waals surface area contributed by atoms with Crippen LogP contribution in [0.25, 0.3) is 0 Å². The van der Waals surface area contributed by atoms with Crippen LogP contribution in [0.1, 0.15) is 38.5 Å². The molecule has 0 radical (unpaired) electrons. The minimum Gasteiger partial charge on any atom is -0.375 e. The highest BCUT2D eigenvalue weighted by molar-refractivity contribution is 7.99. The fraction of sp³-hybridized carbons (Fsp3) is 0.950. The van der Waals surface area contributed by atoms with Gasteiger partial charge in [0, 0.05) is 63.4 Å². The summed E-state index contributed by atoms with van der Waals surface area (Å²) in [6.45, 7) is 6.95. The molecule has 154 valence electrons. The van der Waals surface area contributed by atoms with Crippen molar-refractivity contribution in [3.05, 3.63) is 0 Å². The number of thioether (sulfide) groups is 1. The first-order valence-corrected chi connectivity index (χ1v) is 12.0. The van der Waals surface area contributed by atoms with E-state index in [4.69, 9.17) is 9.47 Å². The summed E-state index contributed by atoms with van der Waals surface area (Å²) in [6.07, 6.45) is 8.10. The molecule has 1 saturated carbocycles. The Morgan fingerprint density at radius 2 is 1.85 bits per heavy atom. The summed E-state index contributed by atoms with van der Waals surface area (Å²) in [5, 5.41) is 3.76. The fourth-order valence-corrected chi connectivity index (χ4v) is 6.14. The maximum Gasteiger partial charge on any atom is 0.193 e. The van der Waals surface area contributed by atoms with E-state index < -0.39 is 0 Å². The van der Waals surface area contributed by atoms with Gasteiger partial charge in [-0.15, -0.1) is 0 Å². The molecule has 0 aromatic heterocycles.